The fourth-order valence-corrected chi connectivity index (χ4v) is 2.45. The molecule has 0 fully saturated rings. The van der Waals surface area contributed by atoms with E-state index in [4.69, 9.17) is 0 Å². The fraction of sp³-hybridized carbons (Fsp3) is 0.214. The molecule has 1 heterocycles. The van der Waals surface area contributed by atoms with Crippen molar-refractivity contribution in [3.63, 3.8) is 0 Å². The van der Waals surface area contributed by atoms with Gasteiger partial charge in [0.1, 0.15) is 0 Å². The van der Waals surface area contributed by atoms with E-state index in [1.165, 1.54) is 5.56 Å². The van der Waals surface area contributed by atoms with E-state index < -0.39 is 0 Å². The molecule has 3 rings (SSSR count). The number of H-pyrrole nitrogens is 1. The lowest BCUT2D eigenvalue weighted by molar-refractivity contribution is 0.0964. The molecule has 16 heavy (non-hydrogen) atoms. The van der Waals surface area contributed by atoms with Crippen LogP contribution < -0.4 is 0 Å². The molecular formula is C14H13NO. The first-order valence-corrected chi connectivity index (χ1v) is 5.59. The number of hydrogen-bond acceptors (Lipinski definition) is 1. The maximum absolute atomic E-state index is 11.9. The number of fused-ring (bicyclic) bond motifs is 1. The average Bonchev–Trinajstić information content (AvgIpc) is 2.79. The molecule has 2 heteroatoms. The zero-order valence-corrected chi connectivity index (χ0v) is 8.94. The molecule has 80 valence electrons. The Hall–Kier alpha value is -1.83. The number of carbonyl (C=O) groups is 1. The quantitative estimate of drug-likeness (QED) is 0.773. The van der Waals surface area contributed by atoms with Crippen molar-refractivity contribution in [2.45, 2.75) is 18.8 Å². The molecule has 1 atom stereocenters. The van der Waals surface area contributed by atoms with E-state index in [2.05, 4.69) is 17.1 Å². The summed E-state index contributed by atoms with van der Waals surface area (Å²) in [6.07, 6.45) is 3.43. The second kappa shape index (κ2) is 3.63. The van der Waals surface area contributed by atoms with Crippen LogP contribution in [0.25, 0.3) is 0 Å². The van der Waals surface area contributed by atoms with E-state index in [1.807, 2.05) is 30.5 Å². The van der Waals surface area contributed by atoms with Crippen molar-refractivity contribution < 1.29 is 4.79 Å². The molecule has 2 nitrogen and oxygen atoms in total. The van der Waals surface area contributed by atoms with E-state index in [0.717, 1.165) is 17.7 Å². The monoisotopic (exact) mass is 211 g/mol. The highest BCUT2D eigenvalue weighted by molar-refractivity contribution is 5.98. The van der Waals surface area contributed by atoms with Gasteiger partial charge in [0.05, 0.1) is 0 Å². The first-order valence-electron chi connectivity index (χ1n) is 5.59. The van der Waals surface area contributed by atoms with Crippen molar-refractivity contribution in [1.82, 2.24) is 4.98 Å². The molecule has 1 aliphatic carbocycles. The van der Waals surface area contributed by atoms with Gasteiger partial charge in [-0.1, -0.05) is 30.3 Å². The minimum Gasteiger partial charge on any atom is -0.364 e. The molecule has 1 aliphatic rings. The lowest BCUT2D eigenvalue weighted by Crippen LogP contribution is -2.17. The van der Waals surface area contributed by atoms with Crippen molar-refractivity contribution in [1.29, 1.82) is 0 Å². The number of aromatic amines is 1. The van der Waals surface area contributed by atoms with Crippen LogP contribution in [-0.4, -0.2) is 10.8 Å². The third-order valence-electron chi connectivity index (χ3n) is 3.29. The molecule has 0 radical (unpaired) electrons. The number of ketones is 1. The summed E-state index contributed by atoms with van der Waals surface area (Å²) in [4.78, 5) is 15.1. The number of hydrogen-bond donors (Lipinski definition) is 1. The summed E-state index contributed by atoms with van der Waals surface area (Å²) in [7, 11) is 0. The van der Waals surface area contributed by atoms with Gasteiger partial charge in [-0.2, -0.15) is 0 Å². The van der Waals surface area contributed by atoms with Gasteiger partial charge in [-0.25, -0.2) is 0 Å². The second-order valence-electron chi connectivity index (χ2n) is 4.31. The standard InChI is InChI=1S/C14H13NO/c16-14-9-11(10-4-2-1-3-5-10)8-13-12(14)6-7-15-13/h1-7,11,15H,8-9H2/t11-/m1/s1. The predicted octanol–water partition coefficient (Wildman–Crippen LogP) is 2.93. The average molecular weight is 211 g/mol. The van der Waals surface area contributed by atoms with Crippen LogP contribution in [0, 0.1) is 0 Å². The minimum atomic E-state index is 0.261. The molecule has 0 aliphatic heterocycles. The molecule has 0 bridgehead atoms. The summed E-state index contributed by atoms with van der Waals surface area (Å²) >= 11 is 0. The van der Waals surface area contributed by atoms with E-state index >= 15 is 0 Å². The van der Waals surface area contributed by atoms with Crippen molar-refractivity contribution in [3.05, 3.63) is 59.4 Å². The SMILES string of the molecule is O=C1C[C@H](c2ccccc2)Cc2[nH]ccc21. The number of Topliss-reactive ketones (excluding diaryl/α,β-unsaturated/α-hetero) is 1. The normalized spacial score (nSPS) is 19.5. The van der Waals surface area contributed by atoms with E-state index in [0.29, 0.717) is 12.3 Å². The Morgan fingerprint density at radius 2 is 1.88 bits per heavy atom. The number of carbonyl (C=O) groups excluding carboxylic acids is 1. The Kier molecular flexibility index (Phi) is 2.13. The third kappa shape index (κ3) is 1.47. The third-order valence-corrected chi connectivity index (χ3v) is 3.29. The van der Waals surface area contributed by atoms with Gasteiger partial charge in [-0.3, -0.25) is 4.79 Å². The Bertz CT molecular complexity index is 513. The summed E-state index contributed by atoms with van der Waals surface area (Å²) in [6.45, 7) is 0. The molecule has 1 N–H and O–H groups in total. The first-order chi connectivity index (χ1) is 7.84. The first kappa shape index (κ1) is 9.40. The zero-order chi connectivity index (χ0) is 11.0. The Labute approximate surface area is 94.3 Å². The fourth-order valence-electron chi connectivity index (χ4n) is 2.45. The molecule has 1 aromatic heterocycles. The zero-order valence-electron chi connectivity index (χ0n) is 8.94. The second-order valence-corrected chi connectivity index (χ2v) is 4.31. The summed E-state index contributed by atoms with van der Waals surface area (Å²) in [6, 6.07) is 12.2. The van der Waals surface area contributed by atoms with Gasteiger partial charge in [-0.05, 0) is 24.0 Å². The molecule has 0 amide bonds. The van der Waals surface area contributed by atoms with Gasteiger partial charge in [0.15, 0.2) is 5.78 Å². The van der Waals surface area contributed by atoms with E-state index in [1.54, 1.807) is 0 Å². The molecular weight excluding hydrogens is 198 g/mol. The molecule has 2 aromatic rings. The lowest BCUT2D eigenvalue weighted by Gasteiger charge is -2.21. The van der Waals surface area contributed by atoms with Crippen molar-refractivity contribution in [2.75, 3.05) is 0 Å². The van der Waals surface area contributed by atoms with Crippen LogP contribution in [0.4, 0.5) is 0 Å². The largest absolute Gasteiger partial charge is 0.364 e. The highest BCUT2D eigenvalue weighted by Crippen LogP contribution is 2.31. The minimum absolute atomic E-state index is 0.261. The highest BCUT2D eigenvalue weighted by atomic mass is 16.1. The molecule has 0 spiro atoms. The van der Waals surface area contributed by atoms with Crippen LogP contribution in [0.2, 0.25) is 0 Å². The van der Waals surface area contributed by atoms with Crippen LogP contribution in [0.15, 0.2) is 42.6 Å². The summed E-state index contributed by atoms with van der Waals surface area (Å²) < 4.78 is 0. The Morgan fingerprint density at radius 3 is 2.69 bits per heavy atom. The number of benzene rings is 1. The van der Waals surface area contributed by atoms with Gasteiger partial charge >= 0.3 is 0 Å². The summed E-state index contributed by atoms with van der Waals surface area (Å²) in [5, 5.41) is 0. The van der Waals surface area contributed by atoms with Crippen molar-refractivity contribution in [2.24, 2.45) is 0 Å². The molecule has 0 saturated carbocycles. The Morgan fingerprint density at radius 1 is 1.06 bits per heavy atom. The van der Waals surface area contributed by atoms with Gasteiger partial charge in [-0.15, -0.1) is 0 Å². The van der Waals surface area contributed by atoms with Crippen LogP contribution in [-0.2, 0) is 6.42 Å². The van der Waals surface area contributed by atoms with Crippen LogP contribution in [0.1, 0.15) is 34.0 Å². The van der Waals surface area contributed by atoms with Crippen LogP contribution >= 0.6 is 0 Å². The summed E-state index contributed by atoms with van der Waals surface area (Å²) in [5.41, 5.74) is 3.23. The number of aromatic nitrogens is 1. The van der Waals surface area contributed by atoms with Crippen LogP contribution in [0.3, 0.4) is 0 Å². The van der Waals surface area contributed by atoms with Crippen molar-refractivity contribution in [3.8, 4) is 0 Å². The highest BCUT2D eigenvalue weighted by Gasteiger charge is 2.26. The van der Waals surface area contributed by atoms with E-state index in [9.17, 15) is 4.79 Å². The maximum atomic E-state index is 11.9. The molecule has 0 saturated heterocycles. The lowest BCUT2D eigenvalue weighted by atomic mass is 9.82. The van der Waals surface area contributed by atoms with Crippen molar-refractivity contribution >= 4 is 5.78 Å². The van der Waals surface area contributed by atoms with Gasteiger partial charge < -0.3 is 4.98 Å². The molecule has 1 aromatic carbocycles. The van der Waals surface area contributed by atoms with Crippen LogP contribution in [0.5, 0.6) is 0 Å². The maximum Gasteiger partial charge on any atom is 0.165 e. The Balaban J connectivity index is 1.95. The van der Waals surface area contributed by atoms with Gasteiger partial charge in [0, 0.05) is 23.9 Å². The summed E-state index contributed by atoms with van der Waals surface area (Å²) in [5.74, 6) is 0.594. The predicted molar refractivity (Wildman–Crippen MR) is 62.6 cm³/mol. The molecule has 0 unspecified atom stereocenters. The topological polar surface area (TPSA) is 32.9 Å². The van der Waals surface area contributed by atoms with E-state index in [-0.39, 0.29) is 5.78 Å². The van der Waals surface area contributed by atoms with Gasteiger partial charge in [0.2, 0.25) is 0 Å². The number of nitrogens with one attached hydrogen (secondary N) is 1. The van der Waals surface area contributed by atoms with Gasteiger partial charge in [0.25, 0.3) is 0 Å². The smallest absolute Gasteiger partial charge is 0.165 e. The number of rotatable bonds is 1.